The Morgan fingerprint density at radius 1 is 1.14 bits per heavy atom. The van der Waals surface area contributed by atoms with Crippen molar-refractivity contribution in [3.8, 4) is 0 Å². The Bertz CT molecular complexity index is 358. The molecule has 0 saturated carbocycles. The van der Waals surface area contributed by atoms with Crippen LogP contribution >= 0.6 is 0 Å². The Kier molecular flexibility index (Phi) is 1.95. The lowest BCUT2D eigenvalue weighted by molar-refractivity contribution is -0.141. The van der Waals surface area contributed by atoms with Crippen LogP contribution < -0.4 is 10.6 Å². The minimum absolute atomic E-state index is 0.0275. The fraction of sp³-hybridized carbons (Fsp3) is 0.375. The van der Waals surface area contributed by atoms with Gasteiger partial charge in [-0.2, -0.15) is 0 Å². The number of esters is 1. The van der Waals surface area contributed by atoms with Gasteiger partial charge in [-0.1, -0.05) is 0 Å². The van der Waals surface area contributed by atoms with E-state index in [1.807, 2.05) is 5.32 Å². The van der Waals surface area contributed by atoms with Crippen LogP contribution in [0.15, 0.2) is 11.3 Å². The van der Waals surface area contributed by atoms with Gasteiger partial charge in [0.15, 0.2) is 0 Å². The van der Waals surface area contributed by atoms with Crippen molar-refractivity contribution in [1.82, 2.24) is 10.6 Å². The van der Waals surface area contributed by atoms with Crippen molar-refractivity contribution in [2.24, 2.45) is 0 Å². The van der Waals surface area contributed by atoms with Crippen LogP contribution in [0.2, 0.25) is 0 Å². The van der Waals surface area contributed by atoms with E-state index in [2.05, 4.69) is 5.32 Å². The second kappa shape index (κ2) is 3.13. The monoisotopic (exact) mass is 196 g/mol. The molecule has 0 bridgehead atoms. The standard InChI is InChI=1S/C8H8N2O4/c11-6-5(9-8(13)10-6)4-2-1-3-14-7(4)12/h1-3H2,(H2,9,10,11,13)/b5-4+. The van der Waals surface area contributed by atoms with E-state index in [0.717, 1.165) is 0 Å². The molecule has 2 N–H and O–H groups in total. The first-order valence-electron chi connectivity index (χ1n) is 4.21. The highest BCUT2D eigenvalue weighted by Gasteiger charge is 2.31. The minimum atomic E-state index is -0.601. The molecule has 74 valence electrons. The number of rotatable bonds is 0. The van der Waals surface area contributed by atoms with Crippen LogP contribution in [0.25, 0.3) is 0 Å². The predicted molar refractivity (Wildman–Crippen MR) is 43.9 cm³/mol. The quantitative estimate of drug-likeness (QED) is 0.308. The molecule has 0 radical (unpaired) electrons. The van der Waals surface area contributed by atoms with E-state index >= 15 is 0 Å². The second-order valence-corrected chi connectivity index (χ2v) is 3.00. The maximum atomic E-state index is 11.2. The number of carbonyl (C=O) groups is 3. The van der Waals surface area contributed by atoms with E-state index in [9.17, 15) is 14.4 Å². The molecule has 14 heavy (non-hydrogen) atoms. The highest BCUT2D eigenvalue weighted by molar-refractivity contribution is 6.15. The third-order valence-corrected chi connectivity index (χ3v) is 2.05. The van der Waals surface area contributed by atoms with Gasteiger partial charge in [0.25, 0.3) is 5.91 Å². The van der Waals surface area contributed by atoms with Crippen LogP contribution in [-0.2, 0) is 14.3 Å². The van der Waals surface area contributed by atoms with E-state index in [4.69, 9.17) is 4.74 Å². The highest BCUT2D eigenvalue weighted by Crippen LogP contribution is 2.18. The summed E-state index contributed by atoms with van der Waals surface area (Å²) in [6, 6.07) is -0.601. The number of imide groups is 1. The molecule has 0 aliphatic carbocycles. The predicted octanol–water partition coefficient (Wildman–Crippen LogP) is -0.583. The fourth-order valence-electron chi connectivity index (χ4n) is 1.41. The zero-order chi connectivity index (χ0) is 10.1. The molecule has 0 aromatic carbocycles. The number of carbonyl (C=O) groups excluding carboxylic acids is 3. The topological polar surface area (TPSA) is 84.5 Å². The number of hydrogen-bond acceptors (Lipinski definition) is 4. The van der Waals surface area contributed by atoms with Crippen LogP contribution in [0.4, 0.5) is 4.79 Å². The van der Waals surface area contributed by atoms with Gasteiger partial charge in [-0.25, -0.2) is 9.59 Å². The Hall–Kier alpha value is -1.85. The van der Waals surface area contributed by atoms with Gasteiger partial charge in [-0.3, -0.25) is 10.1 Å². The summed E-state index contributed by atoms with van der Waals surface area (Å²) < 4.78 is 4.76. The number of amides is 3. The third kappa shape index (κ3) is 1.34. The summed E-state index contributed by atoms with van der Waals surface area (Å²) in [5.41, 5.74) is 0.277. The van der Waals surface area contributed by atoms with Crippen LogP contribution in [0, 0.1) is 0 Å². The Balaban J connectivity index is 2.33. The van der Waals surface area contributed by atoms with Gasteiger partial charge in [0.1, 0.15) is 5.70 Å². The summed E-state index contributed by atoms with van der Waals surface area (Å²) in [4.78, 5) is 33.2. The van der Waals surface area contributed by atoms with Crippen LogP contribution in [-0.4, -0.2) is 24.5 Å². The molecular formula is C8H8N2O4. The van der Waals surface area contributed by atoms with E-state index in [-0.39, 0.29) is 11.3 Å². The van der Waals surface area contributed by atoms with Crippen molar-refractivity contribution < 1.29 is 19.1 Å². The van der Waals surface area contributed by atoms with Crippen LogP contribution in [0.1, 0.15) is 12.8 Å². The first-order chi connectivity index (χ1) is 6.68. The summed E-state index contributed by atoms with van der Waals surface area (Å²) in [6.45, 7) is 0.366. The summed E-state index contributed by atoms with van der Waals surface area (Å²) >= 11 is 0. The SMILES string of the molecule is O=C1NC(=O)/C(=C2/CCCOC2=O)N1. The zero-order valence-corrected chi connectivity index (χ0v) is 7.25. The van der Waals surface area contributed by atoms with Crippen molar-refractivity contribution in [2.45, 2.75) is 12.8 Å². The Labute approximate surface area is 79.3 Å². The summed E-state index contributed by atoms with van der Waals surface area (Å²) in [5.74, 6) is -1.09. The molecule has 0 unspecified atom stereocenters. The van der Waals surface area contributed by atoms with Crippen molar-refractivity contribution in [3.05, 3.63) is 11.3 Å². The van der Waals surface area contributed by atoms with Gasteiger partial charge < -0.3 is 10.1 Å². The van der Waals surface area contributed by atoms with Gasteiger partial charge in [0.05, 0.1) is 12.2 Å². The first kappa shape index (κ1) is 8.74. The van der Waals surface area contributed by atoms with Gasteiger partial charge in [-0.05, 0) is 12.8 Å². The molecule has 2 saturated heterocycles. The number of hydrogen-bond donors (Lipinski definition) is 2. The average molecular weight is 196 g/mol. The molecule has 2 aliphatic heterocycles. The lowest BCUT2D eigenvalue weighted by Crippen LogP contribution is -2.23. The van der Waals surface area contributed by atoms with E-state index in [1.165, 1.54) is 0 Å². The Morgan fingerprint density at radius 2 is 1.93 bits per heavy atom. The average Bonchev–Trinajstić information content (AvgIpc) is 2.46. The van der Waals surface area contributed by atoms with Gasteiger partial charge in [0.2, 0.25) is 0 Å². The smallest absolute Gasteiger partial charge is 0.336 e. The lowest BCUT2D eigenvalue weighted by Gasteiger charge is -2.14. The van der Waals surface area contributed by atoms with E-state index in [0.29, 0.717) is 19.4 Å². The minimum Gasteiger partial charge on any atom is -0.462 e. The van der Waals surface area contributed by atoms with Crippen LogP contribution in [0.3, 0.4) is 0 Å². The first-order valence-corrected chi connectivity index (χ1v) is 4.21. The number of urea groups is 1. The van der Waals surface area contributed by atoms with Gasteiger partial charge in [0, 0.05) is 0 Å². The molecule has 2 rings (SSSR count). The largest absolute Gasteiger partial charge is 0.462 e. The molecule has 0 aromatic rings. The normalized spacial score (nSPS) is 27.0. The number of nitrogens with one attached hydrogen (secondary N) is 2. The van der Waals surface area contributed by atoms with Crippen LogP contribution in [0.5, 0.6) is 0 Å². The molecule has 2 aliphatic rings. The maximum absolute atomic E-state index is 11.2. The van der Waals surface area contributed by atoms with Crippen molar-refractivity contribution in [1.29, 1.82) is 0 Å². The molecule has 0 spiro atoms. The molecule has 2 heterocycles. The third-order valence-electron chi connectivity index (χ3n) is 2.05. The molecule has 6 nitrogen and oxygen atoms in total. The Morgan fingerprint density at radius 3 is 2.50 bits per heavy atom. The van der Waals surface area contributed by atoms with Crippen molar-refractivity contribution in [2.75, 3.05) is 6.61 Å². The summed E-state index contributed by atoms with van der Waals surface area (Å²) in [7, 11) is 0. The lowest BCUT2D eigenvalue weighted by atomic mass is 10.1. The van der Waals surface area contributed by atoms with E-state index < -0.39 is 17.9 Å². The molecule has 0 aromatic heterocycles. The maximum Gasteiger partial charge on any atom is 0.336 e. The number of cyclic esters (lactones) is 1. The van der Waals surface area contributed by atoms with Gasteiger partial charge in [-0.15, -0.1) is 0 Å². The highest BCUT2D eigenvalue weighted by atomic mass is 16.5. The zero-order valence-electron chi connectivity index (χ0n) is 7.25. The van der Waals surface area contributed by atoms with Crippen molar-refractivity contribution in [3.63, 3.8) is 0 Å². The second-order valence-electron chi connectivity index (χ2n) is 3.00. The molecular weight excluding hydrogens is 188 g/mol. The van der Waals surface area contributed by atoms with Crippen molar-refractivity contribution >= 4 is 17.9 Å². The molecule has 3 amide bonds. The summed E-state index contributed by atoms with van der Waals surface area (Å²) in [6.07, 6.45) is 1.13. The van der Waals surface area contributed by atoms with Gasteiger partial charge >= 0.3 is 12.0 Å². The summed E-state index contributed by atoms with van der Waals surface area (Å²) in [5, 5.41) is 4.31. The van der Waals surface area contributed by atoms with E-state index in [1.54, 1.807) is 0 Å². The number of ether oxygens (including phenoxy) is 1. The molecule has 0 atom stereocenters. The molecule has 2 fully saturated rings. The fourth-order valence-corrected chi connectivity index (χ4v) is 1.41. The molecule has 6 heteroatoms.